The lowest BCUT2D eigenvalue weighted by Gasteiger charge is -2.28. The van der Waals surface area contributed by atoms with Crippen LogP contribution in [0.5, 0.6) is 17.2 Å². The molecular weight excluding hydrogens is 402 g/mol. The summed E-state index contributed by atoms with van der Waals surface area (Å²) in [5, 5.41) is 3.63. The Labute approximate surface area is 193 Å². The highest BCUT2D eigenvalue weighted by Gasteiger charge is 2.17. The Morgan fingerprint density at radius 3 is 2.25 bits per heavy atom. The lowest BCUT2D eigenvalue weighted by atomic mass is 9.84. The first-order chi connectivity index (χ1) is 15.1. The molecule has 0 amide bonds. The van der Waals surface area contributed by atoms with Crippen molar-refractivity contribution in [1.29, 1.82) is 5.53 Å². The van der Waals surface area contributed by atoms with Gasteiger partial charge in [-0.05, 0) is 67.5 Å². The molecule has 0 saturated heterocycles. The zero-order chi connectivity index (χ0) is 23.7. The van der Waals surface area contributed by atoms with Gasteiger partial charge in [-0.15, -0.1) is 0 Å². The number of hydrogen-bond acceptors (Lipinski definition) is 6. The molecule has 0 spiro atoms. The van der Waals surface area contributed by atoms with Gasteiger partial charge >= 0.3 is 0 Å². The van der Waals surface area contributed by atoms with E-state index in [0.29, 0.717) is 36.0 Å². The largest absolute Gasteiger partial charge is 0.497 e. The molecule has 1 N–H and O–H groups in total. The molecule has 0 aliphatic heterocycles. The Bertz CT molecular complexity index is 846. The Morgan fingerprint density at radius 2 is 1.66 bits per heavy atom. The molecule has 0 bridgehead atoms. The van der Waals surface area contributed by atoms with Crippen LogP contribution in [0.1, 0.15) is 47.5 Å². The molecule has 176 valence electrons. The number of nitrogens with zero attached hydrogens (tertiary/aromatic N) is 2. The maximum atomic E-state index is 7.48. The first kappa shape index (κ1) is 25.5. The zero-order valence-corrected chi connectivity index (χ0v) is 20.6. The average Bonchev–Trinajstić information content (AvgIpc) is 2.76. The van der Waals surface area contributed by atoms with Crippen LogP contribution in [-0.4, -0.2) is 33.4 Å². The van der Waals surface area contributed by atoms with Crippen molar-refractivity contribution in [3.63, 3.8) is 0 Å². The van der Waals surface area contributed by atoms with E-state index in [4.69, 9.17) is 19.7 Å². The van der Waals surface area contributed by atoms with Gasteiger partial charge in [0, 0.05) is 18.8 Å². The van der Waals surface area contributed by atoms with E-state index in [-0.39, 0.29) is 6.04 Å². The molecule has 6 heteroatoms. The molecular formula is C26H39N3O3. The molecule has 0 saturated carbocycles. The van der Waals surface area contributed by atoms with Crippen molar-refractivity contribution in [3.05, 3.63) is 42.5 Å². The van der Waals surface area contributed by atoms with Gasteiger partial charge in [0.05, 0.1) is 19.8 Å². The Balaban J connectivity index is 1.96. The van der Waals surface area contributed by atoms with Crippen molar-refractivity contribution in [2.24, 2.45) is 16.4 Å². The number of ether oxygens (including phenoxy) is 3. The first-order valence-corrected chi connectivity index (χ1v) is 11.3. The molecule has 0 fully saturated rings. The third-order valence-electron chi connectivity index (χ3n) is 5.51. The highest BCUT2D eigenvalue weighted by atomic mass is 16.5. The molecule has 2 atom stereocenters. The SMILES string of the molecule is COc1ccc(OCC(C)N(C)c2ccc(N=N)c(OCCC(C)CC(C)(C)C)c2)cc1. The second-order valence-corrected chi connectivity index (χ2v) is 9.72. The average molecular weight is 442 g/mol. The van der Waals surface area contributed by atoms with Gasteiger partial charge in [0.2, 0.25) is 0 Å². The third-order valence-corrected chi connectivity index (χ3v) is 5.51. The number of methoxy groups -OCH3 is 1. The van der Waals surface area contributed by atoms with E-state index in [9.17, 15) is 0 Å². The predicted octanol–water partition coefficient (Wildman–Crippen LogP) is 7.10. The molecule has 2 aromatic carbocycles. The van der Waals surface area contributed by atoms with Gasteiger partial charge in [-0.25, -0.2) is 5.53 Å². The molecule has 2 unspecified atom stereocenters. The summed E-state index contributed by atoms with van der Waals surface area (Å²) in [6.45, 7) is 12.3. The van der Waals surface area contributed by atoms with E-state index in [1.54, 1.807) is 7.11 Å². The van der Waals surface area contributed by atoms with Gasteiger partial charge in [0.25, 0.3) is 0 Å². The minimum absolute atomic E-state index is 0.135. The fourth-order valence-electron chi connectivity index (χ4n) is 3.70. The topological polar surface area (TPSA) is 67.1 Å². The molecule has 32 heavy (non-hydrogen) atoms. The van der Waals surface area contributed by atoms with Crippen molar-refractivity contribution in [1.82, 2.24) is 0 Å². The van der Waals surface area contributed by atoms with Crippen molar-refractivity contribution in [2.45, 2.75) is 53.5 Å². The van der Waals surface area contributed by atoms with Crippen LogP contribution < -0.4 is 19.1 Å². The van der Waals surface area contributed by atoms with Gasteiger partial charge < -0.3 is 19.1 Å². The highest BCUT2D eigenvalue weighted by molar-refractivity contribution is 5.61. The van der Waals surface area contributed by atoms with E-state index in [0.717, 1.165) is 30.0 Å². The minimum atomic E-state index is 0.135. The highest BCUT2D eigenvalue weighted by Crippen LogP contribution is 2.33. The fraction of sp³-hybridized carbons (Fsp3) is 0.538. The molecule has 6 nitrogen and oxygen atoms in total. The third kappa shape index (κ3) is 8.06. The molecule has 0 aromatic heterocycles. The maximum absolute atomic E-state index is 7.48. The first-order valence-electron chi connectivity index (χ1n) is 11.3. The zero-order valence-electron chi connectivity index (χ0n) is 20.6. The Kier molecular flexibility index (Phi) is 9.36. The monoisotopic (exact) mass is 441 g/mol. The van der Waals surface area contributed by atoms with Crippen LogP contribution in [0.3, 0.4) is 0 Å². The lowest BCUT2D eigenvalue weighted by Crippen LogP contribution is -2.34. The van der Waals surface area contributed by atoms with Crippen LogP contribution in [-0.2, 0) is 0 Å². The van der Waals surface area contributed by atoms with Crippen molar-refractivity contribution >= 4 is 11.4 Å². The molecule has 0 aliphatic carbocycles. The van der Waals surface area contributed by atoms with E-state index in [1.165, 1.54) is 0 Å². The summed E-state index contributed by atoms with van der Waals surface area (Å²) in [5.74, 6) is 2.84. The quantitative estimate of drug-likeness (QED) is 0.357. The number of nitrogens with one attached hydrogen (secondary N) is 1. The summed E-state index contributed by atoms with van der Waals surface area (Å²) >= 11 is 0. The van der Waals surface area contributed by atoms with Crippen LogP contribution >= 0.6 is 0 Å². The predicted molar refractivity (Wildman–Crippen MR) is 131 cm³/mol. The summed E-state index contributed by atoms with van der Waals surface area (Å²) in [5.41, 5.74) is 9.34. The van der Waals surface area contributed by atoms with E-state index in [1.807, 2.05) is 49.5 Å². The van der Waals surface area contributed by atoms with E-state index < -0.39 is 0 Å². The summed E-state index contributed by atoms with van der Waals surface area (Å²) in [7, 11) is 3.68. The lowest BCUT2D eigenvalue weighted by molar-refractivity contribution is 0.241. The molecule has 0 radical (unpaired) electrons. The Hall–Kier alpha value is -2.76. The number of anilines is 1. The van der Waals surface area contributed by atoms with Crippen LogP contribution in [0.15, 0.2) is 47.6 Å². The number of benzene rings is 2. The van der Waals surface area contributed by atoms with Crippen molar-refractivity contribution < 1.29 is 14.2 Å². The summed E-state index contributed by atoms with van der Waals surface area (Å²) < 4.78 is 17.2. The maximum Gasteiger partial charge on any atom is 0.148 e. The fourth-order valence-corrected chi connectivity index (χ4v) is 3.70. The van der Waals surface area contributed by atoms with Gasteiger partial charge in [-0.3, -0.25) is 0 Å². The number of likely N-dealkylation sites (N-methyl/N-ethyl adjacent to an activating group) is 1. The number of hydrogen-bond donors (Lipinski definition) is 1. The normalized spacial score (nSPS) is 13.2. The molecule has 2 aromatic rings. The van der Waals surface area contributed by atoms with E-state index >= 15 is 0 Å². The van der Waals surface area contributed by atoms with E-state index in [2.05, 4.69) is 44.6 Å². The smallest absolute Gasteiger partial charge is 0.148 e. The van der Waals surface area contributed by atoms with Gasteiger partial charge in [-0.2, -0.15) is 5.11 Å². The van der Waals surface area contributed by atoms with Gasteiger partial charge in [-0.1, -0.05) is 27.7 Å². The minimum Gasteiger partial charge on any atom is -0.497 e. The molecule has 0 aliphatic rings. The molecule has 0 heterocycles. The van der Waals surface area contributed by atoms with Crippen LogP contribution in [0, 0.1) is 16.9 Å². The van der Waals surface area contributed by atoms with Gasteiger partial charge in [0.15, 0.2) is 0 Å². The standard InChI is InChI=1S/C26H39N3O3/c1-19(17-26(3,4)5)14-15-31-25-16-21(8-13-24(25)28-27)29(6)20(2)18-32-23-11-9-22(30-7)10-12-23/h8-13,16,19-20,27H,14-15,17-18H2,1-7H3. The number of rotatable bonds is 12. The van der Waals surface area contributed by atoms with Gasteiger partial charge in [0.1, 0.15) is 29.5 Å². The van der Waals surface area contributed by atoms with Crippen molar-refractivity contribution in [3.8, 4) is 17.2 Å². The van der Waals surface area contributed by atoms with Crippen LogP contribution in [0.2, 0.25) is 0 Å². The van der Waals surface area contributed by atoms with Crippen LogP contribution in [0.4, 0.5) is 11.4 Å². The van der Waals surface area contributed by atoms with Crippen LogP contribution in [0.25, 0.3) is 0 Å². The Morgan fingerprint density at radius 1 is 1.00 bits per heavy atom. The second-order valence-electron chi connectivity index (χ2n) is 9.72. The van der Waals surface area contributed by atoms with Crippen molar-refractivity contribution in [2.75, 3.05) is 32.3 Å². The summed E-state index contributed by atoms with van der Waals surface area (Å²) in [6.07, 6.45) is 2.13. The second kappa shape index (κ2) is 11.7. The summed E-state index contributed by atoms with van der Waals surface area (Å²) in [6, 6.07) is 13.5. The molecule has 2 rings (SSSR count). The summed E-state index contributed by atoms with van der Waals surface area (Å²) in [4.78, 5) is 2.15.